The summed E-state index contributed by atoms with van der Waals surface area (Å²) in [5, 5.41) is 28.5. The molecule has 0 fully saturated rings. The molecule has 5 aromatic rings. The first-order chi connectivity index (χ1) is 16.0. The van der Waals surface area contributed by atoms with Gasteiger partial charge >= 0.3 is 0 Å². The van der Waals surface area contributed by atoms with Gasteiger partial charge in [-0.2, -0.15) is 0 Å². The maximum Gasteiger partial charge on any atom is 0.269 e. The van der Waals surface area contributed by atoms with Crippen LogP contribution in [0.1, 0.15) is 10.4 Å². The van der Waals surface area contributed by atoms with Crippen molar-refractivity contribution >= 4 is 44.8 Å². The zero-order valence-electron chi connectivity index (χ0n) is 16.8. The zero-order valence-corrected chi connectivity index (χ0v) is 16.8. The van der Waals surface area contributed by atoms with Crippen LogP contribution in [0.2, 0.25) is 0 Å². The quantitative estimate of drug-likeness (QED) is 0.159. The number of nitro groups is 1. The molecule has 2 aromatic heterocycles. The Labute approximate surface area is 185 Å². The lowest BCUT2D eigenvalue weighted by Gasteiger charge is -2.06. The number of H-pyrrole nitrogens is 2. The van der Waals surface area contributed by atoms with Gasteiger partial charge < -0.3 is 20.4 Å². The summed E-state index contributed by atoms with van der Waals surface area (Å²) in [6.07, 6.45) is 0. The first-order valence-corrected chi connectivity index (χ1v) is 9.81. The average molecular weight is 441 g/mol. The van der Waals surface area contributed by atoms with Crippen LogP contribution in [0.3, 0.4) is 0 Å². The molecule has 0 unspecified atom stereocenters. The van der Waals surface area contributed by atoms with Crippen molar-refractivity contribution in [2.75, 3.05) is 5.32 Å². The van der Waals surface area contributed by atoms with Gasteiger partial charge in [0, 0.05) is 45.2 Å². The number of fused-ring (bicyclic) bond motifs is 2. The monoisotopic (exact) mass is 441 g/mol. The van der Waals surface area contributed by atoms with E-state index < -0.39 is 10.8 Å². The number of benzene rings is 3. The number of para-hydroxylation sites is 1. The molecule has 0 spiro atoms. The lowest BCUT2D eigenvalue weighted by molar-refractivity contribution is -0.384. The number of hydrogen-bond donors (Lipinski definition) is 4. The Morgan fingerprint density at radius 2 is 1.70 bits per heavy atom. The van der Waals surface area contributed by atoms with Gasteiger partial charge in [-0.3, -0.25) is 14.9 Å². The number of non-ortho nitro benzene ring substituents is 1. The van der Waals surface area contributed by atoms with E-state index in [9.17, 15) is 24.9 Å². The Bertz CT molecular complexity index is 1570. The van der Waals surface area contributed by atoms with Crippen LogP contribution >= 0.6 is 0 Å². The van der Waals surface area contributed by atoms with Gasteiger partial charge in [-0.25, -0.2) is 0 Å². The molecule has 33 heavy (non-hydrogen) atoms. The summed E-state index contributed by atoms with van der Waals surface area (Å²) in [4.78, 5) is 40.5. The molecule has 0 saturated carbocycles. The predicted octanol–water partition coefficient (Wildman–Crippen LogP) is 5.58. The number of aromatic amines is 2. The second-order valence-corrected chi connectivity index (χ2v) is 7.35. The van der Waals surface area contributed by atoms with Crippen LogP contribution in [-0.2, 0) is 0 Å². The number of nitro benzene ring substituents is 1. The summed E-state index contributed by atoms with van der Waals surface area (Å²) in [6, 6.07) is 17.4. The molecule has 10 nitrogen and oxygen atoms in total. The number of hydrogen-bond acceptors (Lipinski definition) is 6. The van der Waals surface area contributed by atoms with Crippen LogP contribution in [0.25, 0.3) is 33.1 Å². The number of nitrogens with one attached hydrogen (secondary N) is 3. The molecule has 10 heteroatoms. The van der Waals surface area contributed by atoms with E-state index in [0.717, 1.165) is 0 Å². The van der Waals surface area contributed by atoms with Gasteiger partial charge in [-0.05, 0) is 41.6 Å². The highest BCUT2D eigenvalue weighted by atomic mass is 16.6. The second kappa shape index (κ2) is 7.61. The third kappa shape index (κ3) is 3.35. The number of nitroso groups, excluding NO2 is 1. The number of carbonyl (C=O) groups is 1. The molecule has 162 valence electrons. The topological polar surface area (TPSA) is 153 Å². The highest BCUT2D eigenvalue weighted by Crippen LogP contribution is 2.44. The standard InChI is InChI=1S/C23H15N5O5/c29-22(12-5-8-14(9-6-12)28(32)33)24-13-7-10-18-16(11-13)19(23(30)26-18)21-20(27-31)15-3-1-2-4-17(15)25-21/h1-11,25-26,30H,(H,24,29). The van der Waals surface area contributed by atoms with E-state index in [0.29, 0.717) is 38.8 Å². The van der Waals surface area contributed by atoms with Crippen molar-refractivity contribution in [3.8, 4) is 17.1 Å². The minimum absolute atomic E-state index is 0.113. The fourth-order valence-corrected chi connectivity index (χ4v) is 3.85. The number of aromatic nitrogens is 2. The number of carbonyl (C=O) groups excluding carboxylic acids is 1. The van der Waals surface area contributed by atoms with Crippen LogP contribution in [-0.4, -0.2) is 25.9 Å². The van der Waals surface area contributed by atoms with Crippen LogP contribution in [0, 0.1) is 15.0 Å². The molecule has 0 aliphatic carbocycles. The van der Waals surface area contributed by atoms with Crippen molar-refractivity contribution in [2.24, 2.45) is 5.18 Å². The summed E-state index contributed by atoms with van der Waals surface area (Å²) >= 11 is 0. The largest absolute Gasteiger partial charge is 0.494 e. The Balaban J connectivity index is 1.55. The summed E-state index contributed by atoms with van der Waals surface area (Å²) in [6.45, 7) is 0. The highest BCUT2D eigenvalue weighted by Gasteiger charge is 2.21. The van der Waals surface area contributed by atoms with Gasteiger partial charge in [0.05, 0.1) is 16.2 Å². The molecule has 3 aromatic carbocycles. The molecule has 0 atom stereocenters. The molecule has 0 saturated heterocycles. The molecule has 0 aliphatic rings. The van der Waals surface area contributed by atoms with Crippen LogP contribution < -0.4 is 5.32 Å². The first-order valence-electron chi connectivity index (χ1n) is 9.81. The average Bonchev–Trinajstić information content (AvgIpc) is 3.34. The Morgan fingerprint density at radius 1 is 0.970 bits per heavy atom. The zero-order chi connectivity index (χ0) is 23.1. The van der Waals surface area contributed by atoms with Gasteiger partial charge in [0.25, 0.3) is 11.6 Å². The molecule has 1 amide bonds. The molecule has 5 rings (SSSR count). The molecule has 0 bridgehead atoms. The Morgan fingerprint density at radius 3 is 2.42 bits per heavy atom. The summed E-state index contributed by atoms with van der Waals surface area (Å²) in [5.74, 6) is -0.605. The van der Waals surface area contributed by atoms with Crippen LogP contribution in [0.4, 0.5) is 17.1 Å². The van der Waals surface area contributed by atoms with E-state index in [4.69, 9.17) is 0 Å². The number of amides is 1. The van der Waals surface area contributed by atoms with Crippen LogP contribution in [0.5, 0.6) is 5.88 Å². The minimum atomic E-state index is -0.540. The molecular formula is C23H15N5O5. The third-order valence-electron chi connectivity index (χ3n) is 5.40. The molecule has 0 aliphatic heterocycles. The smallest absolute Gasteiger partial charge is 0.269 e. The van der Waals surface area contributed by atoms with Crippen molar-refractivity contribution in [3.05, 3.63) is 87.3 Å². The normalized spacial score (nSPS) is 11.0. The predicted molar refractivity (Wildman–Crippen MR) is 124 cm³/mol. The Kier molecular flexibility index (Phi) is 4.60. The molecule has 4 N–H and O–H groups in total. The highest BCUT2D eigenvalue weighted by molar-refractivity contribution is 6.10. The minimum Gasteiger partial charge on any atom is -0.494 e. The van der Waals surface area contributed by atoms with Gasteiger partial charge in [0.2, 0.25) is 0 Å². The van der Waals surface area contributed by atoms with Crippen molar-refractivity contribution < 1.29 is 14.8 Å². The molecular weight excluding hydrogens is 426 g/mol. The maximum absolute atomic E-state index is 12.6. The van der Waals surface area contributed by atoms with E-state index in [1.54, 1.807) is 36.4 Å². The Hall–Kier alpha value is -4.99. The lowest BCUT2D eigenvalue weighted by Crippen LogP contribution is -2.11. The second-order valence-electron chi connectivity index (χ2n) is 7.35. The fourth-order valence-electron chi connectivity index (χ4n) is 3.85. The summed E-state index contributed by atoms with van der Waals surface area (Å²) in [5.41, 5.74) is 2.73. The van der Waals surface area contributed by atoms with Gasteiger partial charge in [-0.15, -0.1) is 4.91 Å². The van der Waals surface area contributed by atoms with Crippen molar-refractivity contribution in [2.45, 2.75) is 0 Å². The van der Waals surface area contributed by atoms with E-state index >= 15 is 0 Å². The SMILES string of the molecule is O=Nc1c(-c2c(O)[nH]c3ccc(NC(=O)c4ccc([N+](=O)[O-])cc4)cc23)[nH]c2ccccc12. The van der Waals surface area contributed by atoms with Gasteiger partial charge in [-0.1, -0.05) is 18.2 Å². The number of anilines is 1. The van der Waals surface area contributed by atoms with E-state index in [-0.39, 0.29) is 22.8 Å². The van der Waals surface area contributed by atoms with E-state index in [2.05, 4.69) is 20.5 Å². The fraction of sp³-hybridized carbons (Fsp3) is 0. The summed E-state index contributed by atoms with van der Waals surface area (Å²) in [7, 11) is 0. The molecule has 0 radical (unpaired) electrons. The first kappa shape index (κ1) is 19.9. The van der Waals surface area contributed by atoms with Crippen molar-refractivity contribution in [3.63, 3.8) is 0 Å². The third-order valence-corrected chi connectivity index (χ3v) is 5.40. The van der Waals surface area contributed by atoms with Gasteiger partial charge in [0.15, 0.2) is 5.88 Å². The van der Waals surface area contributed by atoms with Crippen molar-refractivity contribution in [1.82, 2.24) is 9.97 Å². The number of rotatable bonds is 5. The summed E-state index contributed by atoms with van der Waals surface area (Å²) < 4.78 is 0. The van der Waals surface area contributed by atoms with Crippen molar-refractivity contribution in [1.29, 1.82) is 0 Å². The number of nitrogens with zero attached hydrogens (tertiary/aromatic N) is 2. The number of aromatic hydroxyl groups is 1. The van der Waals surface area contributed by atoms with Gasteiger partial charge in [0.1, 0.15) is 5.69 Å². The van der Waals surface area contributed by atoms with Crippen LogP contribution in [0.15, 0.2) is 71.9 Å². The van der Waals surface area contributed by atoms with E-state index in [1.165, 1.54) is 24.3 Å². The molecule has 2 heterocycles. The van der Waals surface area contributed by atoms with E-state index in [1.807, 2.05) is 6.07 Å². The lowest BCUT2D eigenvalue weighted by atomic mass is 10.1. The maximum atomic E-state index is 12.6.